The summed E-state index contributed by atoms with van der Waals surface area (Å²) in [7, 11) is 0. The number of carbonyl (C=O) groups excluding carboxylic acids is 3. The topological polar surface area (TPSA) is 97.4 Å². The second-order valence-corrected chi connectivity index (χ2v) is 5.71. The molecule has 2 amide bonds. The second kappa shape index (κ2) is 9.09. The summed E-state index contributed by atoms with van der Waals surface area (Å²) in [5, 5.41) is 5.35. The number of aromatic nitrogens is 1. The number of nitrogens with one attached hydrogen (secondary N) is 2. The number of para-hydroxylation sites is 2. The lowest BCUT2D eigenvalue weighted by molar-refractivity contribution is -0.119. The molecule has 0 atom stereocenters. The summed E-state index contributed by atoms with van der Waals surface area (Å²) in [5.74, 6) is -1.64. The third-order valence-electron chi connectivity index (χ3n) is 3.69. The van der Waals surface area contributed by atoms with Crippen LogP contribution in [0.4, 0.5) is 11.4 Å². The van der Waals surface area contributed by atoms with E-state index in [2.05, 4.69) is 15.6 Å². The predicted molar refractivity (Wildman–Crippen MR) is 104 cm³/mol. The Morgan fingerprint density at radius 2 is 1.54 bits per heavy atom. The minimum Gasteiger partial charge on any atom is -0.451 e. The smallest absolute Gasteiger partial charge is 0.357 e. The van der Waals surface area contributed by atoms with Crippen LogP contribution in [0, 0.1) is 0 Å². The third-order valence-corrected chi connectivity index (χ3v) is 3.69. The molecule has 2 aromatic carbocycles. The number of ether oxygens (including phenoxy) is 1. The molecule has 0 aliphatic carbocycles. The number of anilines is 2. The monoisotopic (exact) mass is 375 g/mol. The van der Waals surface area contributed by atoms with Gasteiger partial charge in [-0.15, -0.1) is 0 Å². The molecule has 7 nitrogen and oxygen atoms in total. The summed E-state index contributed by atoms with van der Waals surface area (Å²) in [4.78, 5) is 40.4. The third kappa shape index (κ3) is 5.01. The van der Waals surface area contributed by atoms with Gasteiger partial charge in [0, 0.05) is 11.9 Å². The van der Waals surface area contributed by atoms with Crippen LogP contribution in [-0.2, 0) is 9.53 Å². The summed E-state index contributed by atoms with van der Waals surface area (Å²) in [6.45, 7) is -0.496. The molecular formula is C21H17N3O4. The van der Waals surface area contributed by atoms with Crippen molar-refractivity contribution in [3.05, 3.63) is 90.3 Å². The number of hydrogen-bond acceptors (Lipinski definition) is 5. The Kier molecular flexibility index (Phi) is 6.10. The van der Waals surface area contributed by atoms with Crippen LogP contribution in [0.15, 0.2) is 79.0 Å². The average Bonchev–Trinajstić information content (AvgIpc) is 2.73. The standard InChI is InChI=1S/C21H17N3O4/c25-19(14-28-21(27)18-12-6-7-13-22-18)24-17-11-5-4-10-16(17)20(26)23-15-8-2-1-3-9-15/h1-13H,14H2,(H,23,26)(H,24,25). The number of esters is 1. The van der Waals surface area contributed by atoms with Crippen molar-refractivity contribution in [1.29, 1.82) is 0 Å². The molecule has 3 rings (SSSR count). The first-order chi connectivity index (χ1) is 13.6. The van der Waals surface area contributed by atoms with E-state index in [9.17, 15) is 14.4 Å². The summed E-state index contributed by atoms with van der Waals surface area (Å²) >= 11 is 0. The molecule has 0 spiro atoms. The van der Waals surface area contributed by atoms with Gasteiger partial charge in [0.25, 0.3) is 11.8 Å². The number of rotatable bonds is 6. The van der Waals surface area contributed by atoms with Gasteiger partial charge in [-0.05, 0) is 36.4 Å². The van der Waals surface area contributed by atoms with Crippen molar-refractivity contribution < 1.29 is 19.1 Å². The largest absolute Gasteiger partial charge is 0.451 e. The zero-order valence-electron chi connectivity index (χ0n) is 14.8. The first-order valence-electron chi connectivity index (χ1n) is 8.47. The number of amides is 2. The Balaban J connectivity index is 1.62. The summed E-state index contributed by atoms with van der Waals surface area (Å²) in [5.41, 5.74) is 1.35. The molecule has 3 aromatic rings. The molecule has 0 bridgehead atoms. The van der Waals surface area contributed by atoms with E-state index in [-0.39, 0.29) is 17.2 Å². The summed E-state index contributed by atoms with van der Waals surface area (Å²) in [6, 6.07) is 20.3. The Bertz CT molecular complexity index is 975. The second-order valence-electron chi connectivity index (χ2n) is 5.71. The summed E-state index contributed by atoms with van der Waals surface area (Å²) in [6.07, 6.45) is 1.46. The maximum atomic E-state index is 12.5. The van der Waals surface area contributed by atoms with Gasteiger partial charge in [-0.2, -0.15) is 0 Å². The van der Waals surface area contributed by atoms with Gasteiger partial charge in [-0.25, -0.2) is 9.78 Å². The zero-order chi connectivity index (χ0) is 19.8. The van der Waals surface area contributed by atoms with Gasteiger partial charge in [0.05, 0.1) is 11.3 Å². The molecule has 0 radical (unpaired) electrons. The summed E-state index contributed by atoms with van der Waals surface area (Å²) < 4.78 is 4.94. The normalized spacial score (nSPS) is 10.0. The van der Waals surface area contributed by atoms with Crippen LogP contribution in [0.2, 0.25) is 0 Å². The maximum absolute atomic E-state index is 12.5. The van der Waals surface area contributed by atoms with E-state index in [1.165, 1.54) is 12.3 Å². The molecule has 0 aliphatic heterocycles. The van der Waals surface area contributed by atoms with Gasteiger partial charge < -0.3 is 15.4 Å². The molecule has 0 fully saturated rings. The zero-order valence-corrected chi connectivity index (χ0v) is 14.8. The first-order valence-corrected chi connectivity index (χ1v) is 8.47. The Morgan fingerprint density at radius 1 is 0.821 bits per heavy atom. The molecule has 0 aliphatic rings. The van der Waals surface area contributed by atoms with E-state index >= 15 is 0 Å². The van der Waals surface area contributed by atoms with Crippen molar-refractivity contribution in [2.24, 2.45) is 0 Å². The minimum atomic E-state index is -0.703. The fraction of sp³-hybridized carbons (Fsp3) is 0.0476. The molecular weight excluding hydrogens is 358 g/mol. The van der Waals surface area contributed by atoms with E-state index in [1.807, 2.05) is 6.07 Å². The van der Waals surface area contributed by atoms with E-state index in [0.29, 0.717) is 11.4 Å². The van der Waals surface area contributed by atoms with E-state index in [0.717, 1.165) is 0 Å². The fourth-order valence-electron chi connectivity index (χ4n) is 2.38. The van der Waals surface area contributed by atoms with Crippen molar-refractivity contribution in [3.8, 4) is 0 Å². The molecule has 0 unspecified atom stereocenters. The molecule has 140 valence electrons. The lowest BCUT2D eigenvalue weighted by Crippen LogP contribution is -2.23. The quantitative estimate of drug-likeness (QED) is 0.645. The lowest BCUT2D eigenvalue weighted by Gasteiger charge is -2.11. The van der Waals surface area contributed by atoms with E-state index in [4.69, 9.17) is 4.74 Å². The molecule has 7 heteroatoms. The average molecular weight is 375 g/mol. The van der Waals surface area contributed by atoms with Crippen molar-refractivity contribution in [2.45, 2.75) is 0 Å². The van der Waals surface area contributed by atoms with Crippen LogP contribution in [0.3, 0.4) is 0 Å². The number of benzene rings is 2. The lowest BCUT2D eigenvalue weighted by atomic mass is 10.1. The fourth-order valence-corrected chi connectivity index (χ4v) is 2.38. The van der Waals surface area contributed by atoms with Crippen LogP contribution in [0.25, 0.3) is 0 Å². The number of nitrogens with zero attached hydrogens (tertiary/aromatic N) is 1. The highest BCUT2D eigenvalue weighted by Crippen LogP contribution is 2.17. The molecule has 0 saturated heterocycles. The minimum absolute atomic E-state index is 0.109. The number of pyridine rings is 1. The molecule has 28 heavy (non-hydrogen) atoms. The van der Waals surface area contributed by atoms with Crippen LogP contribution in [0.5, 0.6) is 0 Å². The van der Waals surface area contributed by atoms with Gasteiger partial charge in [0.1, 0.15) is 5.69 Å². The Hall–Kier alpha value is -4.00. The van der Waals surface area contributed by atoms with Crippen molar-refractivity contribution in [2.75, 3.05) is 17.2 Å². The highest BCUT2D eigenvalue weighted by molar-refractivity contribution is 6.10. The van der Waals surface area contributed by atoms with Crippen LogP contribution in [0.1, 0.15) is 20.8 Å². The number of hydrogen-bond donors (Lipinski definition) is 2. The molecule has 0 saturated carbocycles. The molecule has 1 heterocycles. The highest BCUT2D eigenvalue weighted by Gasteiger charge is 2.15. The van der Waals surface area contributed by atoms with E-state index in [1.54, 1.807) is 60.7 Å². The van der Waals surface area contributed by atoms with Crippen molar-refractivity contribution >= 4 is 29.2 Å². The predicted octanol–water partition coefficient (Wildman–Crippen LogP) is 3.13. The Morgan fingerprint density at radius 3 is 2.29 bits per heavy atom. The van der Waals surface area contributed by atoms with Crippen LogP contribution < -0.4 is 10.6 Å². The van der Waals surface area contributed by atoms with Crippen LogP contribution >= 0.6 is 0 Å². The van der Waals surface area contributed by atoms with Crippen molar-refractivity contribution in [1.82, 2.24) is 4.98 Å². The van der Waals surface area contributed by atoms with Gasteiger partial charge in [-0.3, -0.25) is 9.59 Å². The SMILES string of the molecule is O=C(COC(=O)c1ccccn1)Nc1ccccc1C(=O)Nc1ccccc1. The first kappa shape index (κ1) is 18.8. The van der Waals surface area contributed by atoms with Crippen molar-refractivity contribution in [3.63, 3.8) is 0 Å². The van der Waals surface area contributed by atoms with Gasteiger partial charge >= 0.3 is 5.97 Å². The van der Waals surface area contributed by atoms with E-state index < -0.39 is 18.5 Å². The number of carbonyl (C=O) groups is 3. The Labute approximate surface area is 161 Å². The van der Waals surface area contributed by atoms with Gasteiger partial charge in [-0.1, -0.05) is 36.4 Å². The maximum Gasteiger partial charge on any atom is 0.357 e. The van der Waals surface area contributed by atoms with Gasteiger partial charge in [0.15, 0.2) is 6.61 Å². The highest BCUT2D eigenvalue weighted by atomic mass is 16.5. The van der Waals surface area contributed by atoms with Gasteiger partial charge in [0.2, 0.25) is 0 Å². The van der Waals surface area contributed by atoms with Crippen LogP contribution in [-0.4, -0.2) is 29.4 Å². The molecule has 2 N–H and O–H groups in total. The molecule has 1 aromatic heterocycles.